The lowest BCUT2D eigenvalue weighted by Gasteiger charge is -2.25. The quantitative estimate of drug-likeness (QED) is 0.918. The Bertz CT molecular complexity index is 573. The highest BCUT2D eigenvalue weighted by Gasteiger charge is 2.27. The first-order chi connectivity index (χ1) is 9.81. The lowest BCUT2D eigenvalue weighted by atomic mass is 9.97. The van der Waals surface area contributed by atoms with E-state index in [0.717, 1.165) is 10.2 Å². The molecule has 0 aliphatic heterocycles. The maximum Gasteiger partial charge on any atom is 0.0954 e. The third kappa shape index (κ3) is 2.54. The van der Waals surface area contributed by atoms with Crippen LogP contribution in [-0.4, -0.2) is 16.1 Å². The summed E-state index contributed by atoms with van der Waals surface area (Å²) in [4.78, 5) is 4.37. The van der Waals surface area contributed by atoms with E-state index < -0.39 is 0 Å². The second-order valence-corrected chi connectivity index (χ2v) is 6.37. The minimum Gasteiger partial charge on any atom is -0.328 e. The van der Waals surface area contributed by atoms with Gasteiger partial charge in [-0.25, -0.2) is 4.98 Å². The van der Waals surface area contributed by atoms with Crippen LogP contribution in [0.15, 0.2) is 41.3 Å². The Morgan fingerprint density at radius 3 is 2.75 bits per heavy atom. The van der Waals surface area contributed by atoms with E-state index in [1.807, 2.05) is 18.6 Å². The summed E-state index contributed by atoms with van der Waals surface area (Å²) < 4.78 is 3.37. The SMILES string of the molecule is NCC(C1CCCC1)n1cncc1-c1ccccc1Br. The summed E-state index contributed by atoms with van der Waals surface area (Å²) in [5.74, 6) is 0.690. The van der Waals surface area contributed by atoms with E-state index in [9.17, 15) is 0 Å². The van der Waals surface area contributed by atoms with Crippen LogP contribution in [0.3, 0.4) is 0 Å². The van der Waals surface area contributed by atoms with Crippen molar-refractivity contribution >= 4 is 15.9 Å². The summed E-state index contributed by atoms with van der Waals surface area (Å²) >= 11 is 3.63. The van der Waals surface area contributed by atoms with Crippen molar-refractivity contribution in [2.24, 2.45) is 11.7 Å². The lowest BCUT2D eigenvalue weighted by molar-refractivity contribution is 0.344. The van der Waals surface area contributed by atoms with Gasteiger partial charge in [0.25, 0.3) is 0 Å². The monoisotopic (exact) mass is 333 g/mol. The zero-order valence-corrected chi connectivity index (χ0v) is 13.1. The lowest BCUT2D eigenvalue weighted by Crippen LogP contribution is -2.25. The van der Waals surface area contributed by atoms with Crippen LogP contribution in [0.1, 0.15) is 31.7 Å². The molecule has 0 saturated heterocycles. The molecule has 1 heterocycles. The number of nitrogens with two attached hydrogens (primary N) is 1. The van der Waals surface area contributed by atoms with Crippen molar-refractivity contribution in [3.63, 3.8) is 0 Å². The van der Waals surface area contributed by atoms with E-state index in [-0.39, 0.29) is 0 Å². The summed E-state index contributed by atoms with van der Waals surface area (Å²) in [5, 5.41) is 0. The molecule has 0 spiro atoms. The van der Waals surface area contributed by atoms with Gasteiger partial charge in [-0.15, -0.1) is 0 Å². The van der Waals surface area contributed by atoms with Crippen LogP contribution in [0.2, 0.25) is 0 Å². The van der Waals surface area contributed by atoms with Crippen molar-refractivity contribution in [3.8, 4) is 11.3 Å². The van der Waals surface area contributed by atoms with Gasteiger partial charge in [-0.05, 0) is 24.8 Å². The summed E-state index contributed by atoms with van der Waals surface area (Å²) in [6.07, 6.45) is 9.12. The molecule has 3 rings (SSSR count). The van der Waals surface area contributed by atoms with Gasteiger partial charge in [0.2, 0.25) is 0 Å². The van der Waals surface area contributed by atoms with Crippen LogP contribution in [-0.2, 0) is 0 Å². The number of hydrogen-bond acceptors (Lipinski definition) is 2. The van der Waals surface area contributed by atoms with E-state index in [0.29, 0.717) is 18.5 Å². The van der Waals surface area contributed by atoms with Crippen LogP contribution < -0.4 is 5.73 Å². The molecule has 1 fully saturated rings. The van der Waals surface area contributed by atoms with E-state index in [4.69, 9.17) is 5.73 Å². The first-order valence-corrected chi connectivity index (χ1v) is 8.07. The Balaban J connectivity index is 1.99. The predicted octanol–water partition coefficient (Wildman–Crippen LogP) is 4.00. The van der Waals surface area contributed by atoms with Gasteiger partial charge in [-0.2, -0.15) is 0 Å². The topological polar surface area (TPSA) is 43.8 Å². The molecule has 2 aromatic rings. The van der Waals surface area contributed by atoms with Gasteiger partial charge >= 0.3 is 0 Å². The van der Waals surface area contributed by atoms with Crippen LogP contribution in [0, 0.1) is 5.92 Å². The Kier molecular flexibility index (Phi) is 4.22. The van der Waals surface area contributed by atoms with Crippen molar-refractivity contribution in [2.45, 2.75) is 31.7 Å². The van der Waals surface area contributed by atoms with Gasteiger partial charge < -0.3 is 10.3 Å². The molecule has 0 bridgehead atoms. The first-order valence-electron chi connectivity index (χ1n) is 7.28. The van der Waals surface area contributed by atoms with E-state index in [1.54, 1.807) is 0 Å². The molecule has 0 amide bonds. The Morgan fingerprint density at radius 1 is 1.30 bits per heavy atom. The van der Waals surface area contributed by atoms with E-state index in [2.05, 4.69) is 43.7 Å². The molecule has 0 radical (unpaired) electrons. The first kappa shape index (κ1) is 13.8. The van der Waals surface area contributed by atoms with E-state index >= 15 is 0 Å². The van der Waals surface area contributed by atoms with Gasteiger partial charge in [-0.1, -0.05) is 47.0 Å². The van der Waals surface area contributed by atoms with Crippen molar-refractivity contribution in [2.75, 3.05) is 6.54 Å². The number of rotatable bonds is 4. The molecule has 1 aromatic heterocycles. The minimum absolute atomic E-state index is 0.363. The maximum atomic E-state index is 6.07. The highest BCUT2D eigenvalue weighted by atomic mass is 79.9. The molecular weight excluding hydrogens is 314 g/mol. The molecular formula is C16H20BrN3. The normalized spacial score (nSPS) is 17.5. The fourth-order valence-corrected chi connectivity index (χ4v) is 3.81. The number of halogens is 1. The predicted molar refractivity (Wildman–Crippen MR) is 85.4 cm³/mol. The molecule has 4 heteroatoms. The number of aromatic nitrogens is 2. The van der Waals surface area contributed by atoms with Gasteiger partial charge in [0.15, 0.2) is 0 Å². The number of hydrogen-bond donors (Lipinski definition) is 1. The van der Waals surface area contributed by atoms with Crippen LogP contribution in [0.5, 0.6) is 0 Å². The molecule has 1 atom stereocenters. The molecule has 3 nitrogen and oxygen atoms in total. The second-order valence-electron chi connectivity index (χ2n) is 5.51. The highest BCUT2D eigenvalue weighted by Crippen LogP contribution is 2.37. The third-order valence-corrected chi connectivity index (χ3v) is 5.05. The largest absolute Gasteiger partial charge is 0.328 e. The number of imidazole rings is 1. The Labute approximate surface area is 128 Å². The smallest absolute Gasteiger partial charge is 0.0954 e. The van der Waals surface area contributed by atoms with Crippen LogP contribution >= 0.6 is 15.9 Å². The Hall–Kier alpha value is -1.13. The average Bonchev–Trinajstić information content (AvgIpc) is 3.12. The molecule has 1 unspecified atom stereocenters. The summed E-state index contributed by atoms with van der Waals surface area (Å²) in [6, 6.07) is 8.65. The van der Waals surface area contributed by atoms with Crippen molar-refractivity contribution < 1.29 is 0 Å². The zero-order chi connectivity index (χ0) is 13.9. The molecule has 1 saturated carbocycles. The molecule has 1 aromatic carbocycles. The van der Waals surface area contributed by atoms with Gasteiger partial charge in [0, 0.05) is 16.6 Å². The van der Waals surface area contributed by atoms with Crippen molar-refractivity contribution in [1.82, 2.24) is 9.55 Å². The third-order valence-electron chi connectivity index (χ3n) is 4.36. The van der Waals surface area contributed by atoms with Gasteiger partial charge in [-0.3, -0.25) is 0 Å². The average molecular weight is 334 g/mol. The standard InChI is InChI=1S/C16H20BrN3/c17-14-8-4-3-7-13(14)16-10-19-11-20(16)15(9-18)12-5-1-2-6-12/h3-4,7-8,10-12,15H,1-2,5-6,9,18H2. The fraction of sp³-hybridized carbons (Fsp3) is 0.438. The second kappa shape index (κ2) is 6.10. The Morgan fingerprint density at radius 2 is 2.05 bits per heavy atom. The van der Waals surface area contributed by atoms with Crippen LogP contribution in [0.4, 0.5) is 0 Å². The van der Waals surface area contributed by atoms with E-state index in [1.165, 1.54) is 31.2 Å². The van der Waals surface area contributed by atoms with Crippen molar-refractivity contribution in [3.05, 3.63) is 41.3 Å². The summed E-state index contributed by atoms with van der Waals surface area (Å²) in [7, 11) is 0. The van der Waals surface area contributed by atoms with Gasteiger partial charge in [0.1, 0.15) is 0 Å². The number of benzene rings is 1. The molecule has 20 heavy (non-hydrogen) atoms. The highest BCUT2D eigenvalue weighted by molar-refractivity contribution is 9.10. The fourth-order valence-electron chi connectivity index (χ4n) is 3.32. The molecule has 106 valence electrons. The van der Waals surface area contributed by atoms with Gasteiger partial charge in [0.05, 0.1) is 24.3 Å². The minimum atomic E-state index is 0.363. The summed E-state index contributed by atoms with van der Waals surface area (Å²) in [5.41, 5.74) is 8.40. The number of nitrogens with zero attached hydrogens (tertiary/aromatic N) is 2. The molecule has 1 aliphatic rings. The molecule has 1 aliphatic carbocycles. The van der Waals surface area contributed by atoms with Crippen molar-refractivity contribution in [1.29, 1.82) is 0 Å². The summed E-state index contributed by atoms with van der Waals surface area (Å²) in [6.45, 7) is 0.679. The zero-order valence-electron chi connectivity index (χ0n) is 11.5. The molecule has 2 N–H and O–H groups in total. The van der Waals surface area contributed by atoms with Crippen LogP contribution in [0.25, 0.3) is 11.3 Å². The maximum absolute atomic E-state index is 6.07.